The Kier molecular flexibility index (Phi) is 9.85. The number of rotatable bonds is 11. The largest absolute Gasteiger partial charge is 0.379 e. The highest BCUT2D eigenvalue weighted by atomic mass is 16.5. The summed E-state index contributed by atoms with van der Waals surface area (Å²) < 4.78 is 5.40. The summed E-state index contributed by atoms with van der Waals surface area (Å²) in [5.41, 5.74) is 2.83. The van der Waals surface area contributed by atoms with Crippen molar-refractivity contribution < 1.29 is 9.53 Å². The molecule has 1 aromatic rings. The molecule has 0 N–H and O–H groups in total. The van der Waals surface area contributed by atoms with Gasteiger partial charge in [0.15, 0.2) is 0 Å². The van der Waals surface area contributed by atoms with E-state index in [1.54, 1.807) is 0 Å². The predicted molar refractivity (Wildman–Crippen MR) is 112 cm³/mol. The number of aryl methyl sites for hydroxylation is 1. The summed E-state index contributed by atoms with van der Waals surface area (Å²) in [6.45, 7) is 11.9. The summed E-state index contributed by atoms with van der Waals surface area (Å²) in [5, 5.41) is 0. The zero-order chi connectivity index (χ0) is 19.5. The van der Waals surface area contributed by atoms with Crippen molar-refractivity contribution in [3.8, 4) is 0 Å². The minimum Gasteiger partial charge on any atom is -0.379 e. The molecule has 4 heteroatoms. The Morgan fingerprint density at radius 1 is 1.07 bits per heavy atom. The molecule has 4 nitrogen and oxygen atoms in total. The van der Waals surface area contributed by atoms with Crippen LogP contribution in [-0.4, -0.2) is 61.1 Å². The van der Waals surface area contributed by atoms with Crippen LogP contribution >= 0.6 is 0 Å². The molecule has 1 saturated heterocycles. The third kappa shape index (κ3) is 7.63. The van der Waals surface area contributed by atoms with E-state index in [1.807, 2.05) is 4.90 Å². The minimum absolute atomic E-state index is 0.252. The zero-order valence-electron chi connectivity index (χ0n) is 17.6. The molecule has 0 aliphatic carbocycles. The molecule has 27 heavy (non-hydrogen) atoms. The molecule has 0 spiro atoms. The van der Waals surface area contributed by atoms with E-state index in [2.05, 4.69) is 49.9 Å². The molecule has 1 aliphatic heterocycles. The van der Waals surface area contributed by atoms with Crippen LogP contribution in [0, 0.1) is 0 Å². The fraction of sp³-hybridized carbons (Fsp3) is 0.696. The van der Waals surface area contributed by atoms with Crippen LogP contribution in [0.2, 0.25) is 0 Å². The first-order valence-electron chi connectivity index (χ1n) is 10.8. The Morgan fingerprint density at radius 2 is 1.81 bits per heavy atom. The standard InChI is InChI=1S/C23H38N2O2/c1-4-13-24(20(3)19-22-10-8-21(5-2)9-11-22)14-6-7-15-25-16-18-27-17-12-23(25)26/h8-11,20H,4-7,12-19H2,1-3H3. The summed E-state index contributed by atoms with van der Waals surface area (Å²) in [5.74, 6) is 0.252. The van der Waals surface area contributed by atoms with Crippen LogP contribution in [0.4, 0.5) is 0 Å². The zero-order valence-corrected chi connectivity index (χ0v) is 17.6. The minimum atomic E-state index is 0.252. The van der Waals surface area contributed by atoms with Crippen LogP contribution in [0.5, 0.6) is 0 Å². The van der Waals surface area contributed by atoms with Gasteiger partial charge in [0.25, 0.3) is 0 Å². The van der Waals surface area contributed by atoms with Crippen molar-refractivity contribution in [3.05, 3.63) is 35.4 Å². The molecule has 0 aromatic heterocycles. The summed E-state index contributed by atoms with van der Waals surface area (Å²) in [6, 6.07) is 9.63. The van der Waals surface area contributed by atoms with Crippen LogP contribution in [-0.2, 0) is 22.4 Å². The Morgan fingerprint density at radius 3 is 2.52 bits per heavy atom. The lowest BCUT2D eigenvalue weighted by Crippen LogP contribution is -2.37. The highest BCUT2D eigenvalue weighted by molar-refractivity contribution is 5.76. The monoisotopic (exact) mass is 374 g/mol. The van der Waals surface area contributed by atoms with E-state index in [4.69, 9.17) is 4.74 Å². The Bertz CT molecular complexity index is 544. The molecule has 1 amide bonds. The maximum Gasteiger partial charge on any atom is 0.224 e. The van der Waals surface area contributed by atoms with Gasteiger partial charge in [0, 0.05) is 19.1 Å². The van der Waals surface area contributed by atoms with Crippen molar-refractivity contribution in [3.63, 3.8) is 0 Å². The van der Waals surface area contributed by atoms with E-state index in [-0.39, 0.29) is 5.91 Å². The summed E-state index contributed by atoms with van der Waals surface area (Å²) >= 11 is 0. The third-order valence-corrected chi connectivity index (χ3v) is 5.54. The first-order valence-corrected chi connectivity index (χ1v) is 10.8. The van der Waals surface area contributed by atoms with E-state index < -0.39 is 0 Å². The number of amides is 1. The molecule has 1 atom stereocenters. The summed E-state index contributed by atoms with van der Waals surface area (Å²) in [7, 11) is 0. The molecular formula is C23H38N2O2. The highest BCUT2D eigenvalue weighted by Crippen LogP contribution is 2.13. The van der Waals surface area contributed by atoms with E-state index in [0.29, 0.717) is 25.7 Å². The maximum atomic E-state index is 12.0. The van der Waals surface area contributed by atoms with Crippen molar-refractivity contribution in [1.82, 2.24) is 9.80 Å². The lowest BCUT2D eigenvalue weighted by Gasteiger charge is -2.29. The molecule has 1 heterocycles. The molecule has 2 rings (SSSR count). The Hall–Kier alpha value is -1.39. The van der Waals surface area contributed by atoms with Gasteiger partial charge in [-0.3, -0.25) is 4.79 Å². The molecule has 1 unspecified atom stereocenters. The average Bonchev–Trinajstić information content (AvgIpc) is 2.89. The molecular weight excluding hydrogens is 336 g/mol. The van der Waals surface area contributed by atoms with Gasteiger partial charge in [0.1, 0.15) is 0 Å². The van der Waals surface area contributed by atoms with Crippen LogP contribution in [0.15, 0.2) is 24.3 Å². The highest BCUT2D eigenvalue weighted by Gasteiger charge is 2.17. The van der Waals surface area contributed by atoms with Gasteiger partial charge in [0.2, 0.25) is 5.91 Å². The average molecular weight is 375 g/mol. The number of unbranched alkanes of at least 4 members (excludes halogenated alkanes) is 1. The predicted octanol–water partition coefficient (Wildman–Crippen LogP) is 3.92. The molecule has 0 bridgehead atoms. The molecule has 1 fully saturated rings. The fourth-order valence-electron chi connectivity index (χ4n) is 3.79. The summed E-state index contributed by atoms with van der Waals surface area (Å²) in [6.07, 6.45) is 6.14. The molecule has 0 saturated carbocycles. The van der Waals surface area contributed by atoms with Crippen LogP contribution in [0.1, 0.15) is 57.6 Å². The van der Waals surface area contributed by atoms with E-state index in [0.717, 1.165) is 51.9 Å². The van der Waals surface area contributed by atoms with Gasteiger partial charge in [-0.05, 0) is 63.2 Å². The van der Waals surface area contributed by atoms with Gasteiger partial charge in [-0.2, -0.15) is 0 Å². The molecule has 1 aliphatic rings. The second-order valence-corrected chi connectivity index (χ2v) is 7.71. The van der Waals surface area contributed by atoms with Gasteiger partial charge >= 0.3 is 0 Å². The number of nitrogens with zero attached hydrogens (tertiary/aromatic N) is 2. The normalized spacial score (nSPS) is 16.6. The van der Waals surface area contributed by atoms with Gasteiger partial charge in [0.05, 0.1) is 19.6 Å². The second-order valence-electron chi connectivity index (χ2n) is 7.71. The van der Waals surface area contributed by atoms with Gasteiger partial charge in [-0.25, -0.2) is 0 Å². The van der Waals surface area contributed by atoms with Crippen LogP contribution in [0.25, 0.3) is 0 Å². The quantitative estimate of drug-likeness (QED) is 0.550. The smallest absolute Gasteiger partial charge is 0.224 e. The number of carbonyl (C=O) groups excluding carboxylic acids is 1. The van der Waals surface area contributed by atoms with Crippen LogP contribution in [0.3, 0.4) is 0 Å². The van der Waals surface area contributed by atoms with E-state index in [9.17, 15) is 4.79 Å². The van der Waals surface area contributed by atoms with Crippen molar-refractivity contribution in [1.29, 1.82) is 0 Å². The third-order valence-electron chi connectivity index (χ3n) is 5.54. The van der Waals surface area contributed by atoms with Gasteiger partial charge in [-0.15, -0.1) is 0 Å². The van der Waals surface area contributed by atoms with E-state index in [1.165, 1.54) is 17.5 Å². The SMILES string of the molecule is CCCN(CCCCN1CCOCCC1=O)C(C)Cc1ccc(CC)cc1. The first kappa shape index (κ1) is 21.9. The number of ether oxygens (including phenoxy) is 1. The lowest BCUT2D eigenvalue weighted by atomic mass is 10.0. The lowest BCUT2D eigenvalue weighted by molar-refractivity contribution is -0.130. The number of carbonyl (C=O) groups is 1. The molecule has 1 aromatic carbocycles. The molecule has 0 radical (unpaired) electrons. The second kappa shape index (κ2) is 12.1. The van der Waals surface area contributed by atoms with Gasteiger partial charge < -0.3 is 14.5 Å². The number of benzene rings is 1. The topological polar surface area (TPSA) is 32.8 Å². The van der Waals surface area contributed by atoms with Crippen LogP contribution < -0.4 is 0 Å². The number of hydrogen-bond donors (Lipinski definition) is 0. The van der Waals surface area contributed by atoms with Crippen molar-refractivity contribution in [2.24, 2.45) is 0 Å². The van der Waals surface area contributed by atoms with E-state index >= 15 is 0 Å². The van der Waals surface area contributed by atoms with Crippen molar-refractivity contribution in [2.75, 3.05) is 39.4 Å². The first-order chi connectivity index (χ1) is 13.1. The summed E-state index contributed by atoms with van der Waals surface area (Å²) in [4.78, 5) is 16.6. The van der Waals surface area contributed by atoms with Crippen molar-refractivity contribution in [2.45, 2.75) is 65.3 Å². The Balaban J connectivity index is 1.76. The van der Waals surface area contributed by atoms with Gasteiger partial charge in [-0.1, -0.05) is 38.1 Å². The Labute approximate surface area is 165 Å². The fourth-order valence-corrected chi connectivity index (χ4v) is 3.79. The molecule has 152 valence electrons. The number of hydrogen-bond acceptors (Lipinski definition) is 3. The van der Waals surface area contributed by atoms with Crippen molar-refractivity contribution >= 4 is 5.91 Å². The maximum absolute atomic E-state index is 12.0.